The predicted octanol–water partition coefficient (Wildman–Crippen LogP) is 1.35. The van der Waals surface area contributed by atoms with Crippen LogP contribution in [0.2, 0.25) is 0 Å². The standard InChI is InChI=1S/C11H16N4/c1-3-10-13-11-9(8(2)7-12)5-4-6-15(11)14-10/h4-6,8H,3,7,12H2,1-2H3. The third kappa shape index (κ3) is 1.72. The van der Waals surface area contributed by atoms with Crippen LogP contribution in [0.1, 0.15) is 31.2 Å². The van der Waals surface area contributed by atoms with Crippen molar-refractivity contribution >= 4 is 5.65 Å². The van der Waals surface area contributed by atoms with Gasteiger partial charge >= 0.3 is 0 Å². The molecule has 0 fully saturated rings. The molecule has 0 saturated heterocycles. The van der Waals surface area contributed by atoms with Gasteiger partial charge in [-0.1, -0.05) is 19.9 Å². The molecule has 0 spiro atoms. The molecule has 15 heavy (non-hydrogen) atoms. The number of aromatic nitrogens is 3. The van der Waals surface area contributed by atoms with Gasteiger partial charge < -0.3 is 5.73 Å². The Kier molecular flexibility index (Phi) is 2.68. The smallest absolute Gasteiger partial charge is 0.159 e. The average molecular weight is 204 g/mol. The topological polar surface area (TPSA) is 56.2 Å². The number of fused-ring (bicyclic) bond motifs is 1. The number of hydrogen-bond acceptors (Lipinski definition) is 3. The second-order valence-corrected chi connectivity index (χ2v) is 3.75. The summed E-state index contributed by atoms with van der Waals surface area (Å²) in [5, 5.41) is 4.37. The Morgan fingerprint density at radius 1 is 1.53 bits per heavy atom. The van der Waals surface area contributed by atoms with Gasteiger partial charge in [0.15, 0.2) is 11.5 Å². The summed E-state index contributed by atoms with van der Waals surface area (Å²) in [7, 11) is 0. The minimum absolute atomic E-state index is 0.322. The van der Waals surface area contributed by atoms with Crippen LogP contribution in [0, 0.1) is 0 Å². The molecule has 0 bridgehead atoms. The molecule has 0 aliphatic rings. The Labute approximate surface area is 89.1 Å². The Morgan fingerprint density at radius 3 is 3.00 bits per heavy atom. The maximum absolute atomic E-state index is 5.68. The van der Waals surface area contributed by atoms with Gasteiger partial charge in [0, 0.05) is 18.2 Å². The van der Waals surface area contributed by atoms with E-state index >= 15 is 0 Å². The van der Waals surface area contributed by atoms with E-state index in [0.29, 0.717) is 12.5 Å². The summed E-state index contributed by atoms with van der Waals surface area (Å²) >= 11 is 0. The van der Waals surface area contributed by atoms with E-state index in [9.17, 15) is 0 Å². The summed E-state index contributed by atoms with van der Waals surface area (Å²) in [5.41, 5.74) is 7.79. The molecule has 2 N–H and O–H groups in total. The molecule has 2 aromatic heterocycles. The maximum Gasteiger partial charge on any atom is 0.159 e. The van der Waals surface area contributed by atoms with Gasteiger partial charge in [-0.25, -0.2) is 9.50 Å². The number of hydrogen-bond donors (Lipinski definition) is 1. The number of aryl methyl sites for hydroxylation is 1. The third-order valence-electron chi connectivity index (χ3n) is 2.64. The summed E-state index contributed by atoms with van der Waals surface area (Å²) in [6.07, 6.45) is 2.78. The van der Waals surface area contributed by atoms with Crippen LogP contribution in [0.25, 0.3) is 5.65 Å². The van der Waals surface area contributed by atoms with E-state index in [1.165, 1.54) is 5.56 Å². The van der Waals surface area contributed by atoms with Gasteiger partial charge in [-0.05, 0) is 18.5 Å². The van der Waals surface area contributed by atoms with Crippen LogP contribution in [0.4, 0.5) is 0 Å². The molecule has 4 heteroatoms. The molecule has 0 aromatic carbocycles. The van der Waals surface area contributed by atoms with Crippen molar-refractivity contribution in [2.24, 2.45) is 5.73 Å². The molecule has 2 aromatic rings. The summed E-state index contributed by atoms with van der Waals surface area (Å²) in [5.74, 6) is 1.20. The van der Waals surface area contributed by atoms with Crippen LogP contribution in [-0.4, -0.2) is 21.1 Å². The van der Waals surface area contributed by atoms with Crippen LogP contribution < -0.4 is 5.73 Å². The number of nitrogens with two attached hydrogens (primary N) is 1. The van der Waals surface area contributed by atoms with E-state index in [2.05, 4.69) is 30.0 Å². The van der Waals surface area contributed by atoms with Crippen molar-refractivity contribution in [1.29, 1.82) is 0 Å². The lowest BCUT2D eigenvalue weighted by Crippen LogP contribution is -2.10. The van der Waals surface area contributed by atoms with Crippen LogP contribution in [0.15, 0.2) is 18.3 Å². The molecule has 2 rings (SSSR count). The van der Waals surface area contributed by atoms with E-state index in [1.807, 2.05) is 16.8 Å². The minimum atomic E-state index is 0.322. The van der Waals surface area contributed by atoms with E-state index in [-0.39, 0.29) is 0 Å². The van der Waals surface area contributed by atoms with Gasteiger partial charge in [0.25, 0.3) is 0 Å². The monoisotopic (exact) mass is 204 g/mol. The maximum atomic E-state index is 5.68. The molecular weight excluding hydrogens is 188 g/mol. The molecule has 0 radical (unpaired) electrons. The second kappa shape index (κ2) is 3.98. The fourth-order valence-electron chi connectivity index (χ4n) is 1.63. The minimum Gasteiger partial charge on any atom is -0.330 e. The summed E-state index contributed by atoms with van der Waals surface area (Å²) in [6, 6.07) is 4.06. The summed E-state index contributed by atoms with van der Waals surface area (Å²) in [6.45, 7) is 4.80. The van der Waals surface area contributed by atoms with Gasteiger partial charge in [-0.15, -0.1) is 0 Å². The lowest BCUT2D eigenvalue weighted by atomic mass is 10.0. The molecule has 0 aliphatic heterocycles. The first kappa shape index (κ1) is 10.1. The highest BCUT2D eigenvalue weighted by molar-refractivity contribution is 5.48. The van der Waals surface area contributed by atoms with E-state index in [1.54, 1.807) is 0 Å². The molecule has 80 valence electrons. The Balaban J connectivity index is 2.59. The van der Waals surface area contributed by atoms with Gasteiger partial charge in [-0.2, -0.15) is 5.10 Å². The lowest BCUT2D eigenvalue weighted by molar-refractivity contribution is 0.769. The molecule has 1 atom stereocenters. The first-order valence-electron chi connectivity index (χ1n) is 5.30. The fraction of sp³-hybridized carbons (Fsp3) is 0.455. The lowest BCUT2D eigenvalue weighted by Gasteiger charge is -2.08. The highest BCUT2D eigenvalue weighted by Gasteiger charge is 2.11. The van der Waals surface area contributed by atoms with Crippen molar-refractivity contribution in [2.75, 3.05) is 6.54 Å². The zero-order valence-corrected chi connectivity index (χ0v) is 9.14. The summed E-state index contributed by atoms with van der Waals surface area (Å²) < 4.78 is 1.83. The largest absolute Gasteiger partial charge is 0.330 e. The van der Waals surface area contributed by atoms with E-state index in [4.69, 9.17) is 5.73 Å². The highest BCUT2D eigenvalue weighted by Crippen LogP contribution is 2.18. The first-order valence-corrected chi connectivity index (χ1v) is 5.30. The Bertz CT molecular complexity index is 461. The normalized spacial score (nSPS) is 13.3. The third-order valence-corrected chi connectivity index (χ3v) is 2.64. The zero-order valence-electron chi connectivity index (χ0n) is 9.14. The van der Waals surface area contributed by atoms with Crippen molar-refractivity contribution in [1.82, 2.24) is 14.6 Å². The fourth-order valence-corrected chi connectivity index (χ4v) is 1.63. The van der Waals surface area contributed by atoms with Gasteiger partial charge in [-0.3, -0.25) is 0 Å². The molecule has 2 heterocycles. The average Bonchev–Trinajstić information content (AvgIpc) is 2.70. The van der Waals surface area contributed by atoms with Crippen LogP contribution in [0.3, 0.4) is 0 Å². The summed E-state index contributed by atoms with van der Waals surface area (Å²) in [4.78, 5) is 4.50. The SMILES string of the molecule is CCc1nc2c(C(C)CN)cccn2n1. The van der Waals surface area contributed by atoms with E-state index < -0.39 is 0 Å². The van der Waals surface area contributed by atoms with Crippen molar-refractivity contribution < 1.29 is 0 Å². The van der Waals surface area contributed by atoms with Gasteiger partial charge in [0.2, 0.25) is 0 Å². The molecular formula is C11H16N4. The number of rotatable bonds is 3. The quantitative estimate of drug-likeness (QED) is 0.821. The van der Waals surface area contributed by atoms with Crippen LogP contribution in [-0.2, 0) is 6.42 Å². The number of nitrogens with zero attached hydrogens (tertiary/aromatic N) is 3. The Morgan fingerprint density at radius 2 is 2.33 bits per heavy atom. The first-order chi connectivity index (χ1) is 7.26. The van der Waals surface area contributed by atoms with Crippen molar-refractivity contribution in [3.8, 4) is 0 Å². The predicted molar refractivity (Wildman–Crippen MR) is 59.8 cm³/mol. The second-order valence-electron chi connectivity index (χ2n) is 3.75. The van der Waals surface area contributed by atoms with Crippen molar-refractivity contribution in [2.45, 2.75) is 26.2 Å². The van der Waals surface area contributed by atoms with Crippen LogP contribution in [0.5, 0.6) is 0 Å². The number of pyridine rings is 1. The Hall–Kier alpha value is -1.42. The van der Waals surface area contributed by atoms with Crippen LogP contribution >= 0.6 is 0 Å². The molecule has 0 aliphatic carbocycles. The molecule has 0 saturated carbocycles. The van der Waals surface area contributed by atoms with Crippen molar-refractivity contribution in [3.05, 3.63) is 29.7 Å². The van der Waals surface area contributed by atoms with Crippen molar-refractivity contribution in [3.63, 3.8) is 0 Å². The molecule has 0 amide bonds. The van der Waals surface area contributed by atoms with Gasteiger partial charge in [0.05, 0.1) is 0 Å². The highest BCUT2D eigenvalue weighted by atomic mass is 15.3. The molecule has 4 nitrogen and oxygen atoms in total. The van der Waals surface area contributed by atoms with E-state index in [0.717, 1.165) is 17.9 Å². The van der Waals surface area contributed by atoms with Gasteiger partial charge in [0.1, 0.15) is 0 Å². The molecule has 1 unspecified atom stereocenters. The zero-order chi connectivity index (χ0) is 10.8.